The topological polar surface area (TPSA) is 35.2 Å². The summed E-state index contributed by atoms with van der Waals surface area (Å²) in [5.74, 6) is 0. The third-order valence-corrected chi connectivity index (χ3v) is 2.28. The smallest absolute Gasteiger partial charge is 0.0590 e. The van der Waals surface area contributed by atoms with Crippen molar-refractivity contribution in [3.63, 3.8) is 0 Å². The first-order chi connectivity index (χ1) is 5.33. The number of hydrogen-bond acceptors (Lipinski definition) is 2. The van der Waals surface area contributed by atoms with Crippen LogP contribution in [-0.4, -0.2) is 18.8 Å². The summed E-state index contributed by atoms with van der Waals surface area (Å²) in [5.41, 5.74) is 5.75. The summed E-state index contributed by atoms with van der Waals surface area (Å²) < 4.78 is 5.63. The number of halogens is 1. The Morgan fingerprint density at radius 3 is 2.67 bits per heavy atom. The Labute approximate surface area is 81.3 Å². The van der Waals surface area contributed by atoms with Gasteiger partial charge in [0.15, 0.2) is 0 Å². The molecule has 0 spiro atoms. The molecule has 0 saturated heterocycles. The van der Waals surface area contributed by atoms with Gasteiger partial charge in [0.1, 0.15) is 0 Å². The number of rotatable bonds is 4. The highest BCUT2D eigenvalue weighted by Crippen LogP contribution is 2.20. The molecule has 0 bridgehead atoms. The summed E-state index contributed by atoms with van der Waals surface area (Å²) in [5, 5.41) is 0. The lowest BCUT2D eigenvalue weighted by atomic mass is 10.3. The summed E-state index contributed by atoms with van der Waals surface area (Å²) in [7, 11) is 0. The van der Waals surface area contributed by atoms with Crippen molar-refractivity contribution in [3.05, 3.63) is 0 Å². The van der Waals surface area contributed by atoms with Gasteiger partial charge in [-0.3, -0.25) is 0 Å². The van der Waals surface area contributed by atoms with E-state index in [0.29, 0.717) is 12.1 Å². The Hall–Kier alpha value is 0.210. The molecule has 0 aromatic rings. The van der Waals surface area contributed by atoms with Crippen LogP contribution in [0.4, 0.5) is 0 Å². The van der Waals surface area contributed by atoms with Crippen molar-refractivity contribution in [1.82, 2.24) is 0 Å². The summed E-state index contributed by atoms with van der Waals surface area (Å²) in [6.45, 7) is 3.11. The highest BCUT2D eigenvalue weighted by Gasteiger charge is 2.21. The lowest BCUT2D eigenvalue weighted by Crippen LogP contribution is -2.17. The fourth-order valence-corrected chi connectivity index (χ4v) is 1.52. The molecule has 0 radical (unpaired) electrons. The zero-order valence-electron chi connectivity index (χ0n) is 7.79. The van der Waals surface area contributed by atoms with Crippen LogP contribution in [0.15, 0.2) is 0 Å². The normalized spacial score (nSPS) is 28.5. The van der Waals surface area contributed by atoms with Crippen molar-refractivity contribution in [2.75, 3.05) is 6.61 Å². The van der Waals surface area contributed by atoms with Crippen molar-refractivity contribution >= 4 is 12.4 Å². The third-order valence-electron chi connectivity index (χ3n) is 2.28. The van der Waals surface area contributed by atoms with E-state index in [1.165, 1.54) is 19.3 Å². The molecule has 12 heavy (non-hydrogen) atoms. The van der Waals surface area contributed by atoms with E-state index >= 15 is 0 Å². The zero-order valence-corrected chi connectivity index (χ0v) is 8.61. The van der Waals surface area contributed by atoms with Crippen LogP contribution in [0.3, 0.4) is 0 Å². The zero-order chi connectivity index (χ0) is 8.10. The van der Waals surface area contributed by atoms with Gasteiger partial charge in [0.2, 0.25) is 0 Å². The molecule has 1 rings (SSSR count). The second-order valence-electron chi connectivity index (χ2n) is 3.42. The molecule has 0 amide bonds. The maximum absolute atomic E-state index is 5.75. The minimum absolute atomic E-state index is 0. The van der Waals surface area contributed by atoms with Gasteiger partial charge in [0.05, 0.1) is 6.10 Å². The van der Waals surface area contributed by atoms with E-state index in [1.54, 1.807) is 0 Å². The molecule has 2 atom stereocenters. The molecule has 0 aromatic heterocycles. The summed E-state index contributed by atoms with van der Waals surface area (Å²) in [6.07, 6.45) is 6.27. The van der Waals surface area contributed by atoms with Gasteiger partial charge in [-0.15, -0.1) is 12.4 Å². The first-order valence-electron chi connectivity index (χ1n) is 4.70. The van der Waals surface area contributed by atoms with Gasteiger partial charge >= 0.3 is 0 Å². The van der Waals surface area contributed by atoms with Crippen molar-refractivity contribution in [2.24, 2.45) is 5.73 Å². The van der Waals surface area contributed by atoms with E-state index in [4.69, 9.17) is 10.5 Å². The first-order valence-corrected chi connectivity index (χ1v) is 4.70. The second kappa shape index (κ2) is 6.70. The molecule has 0 heterocycles. The maximum Gasteiger partial charge on any atom is 0.0590 e. The maximum atomic E-state index is 5.75. The predicted molar refractivity (Wildman–Crippen MR) is 53.7 cm³/mol. The molecule has 0 aliphatic heterocycles. The molecular weight excluding hydrogens is 174 g/mol. The van der Waals surface area contributed by atoms with Gasteiger partial charge in [-0.2, -0.15) is 0 Å². The number of hydrogen-bond donors (Lipinski definition) is 1. The van der Waals surface area contributed by atoms with E-state index in [9.17, 15) is 0 Å². The lowest BCUT2D eigenvalue weighted by Gasteiger charge is -2.10. The molecular formula is C9H20ClNO. The van der Waals surface area contributed by atoms with E-state index in [1.807, 2.05) is 0 Å². The SMILES string of the molecule is CCCCOC1CCC(N)C1.Cl. The van der Waals surface area contributed by atoms with Gasteiger partial charge in [0, 0.05) is 12.6 Å². The fraction of sp³-hybridized carbons (Fsp3) is 1.00. The molecule has 1 saturated carbocycles. The number of nitrogens with two attached hydrogens (primary N) is 1. The van der Waals surface area contributed by atoms with Crippen LogP contribution in [0.5, 0.6) is 0 Å². The molecule has 1 aliphatic carbocycles. The largest absolute Gasteiger partial charge is 0.378 e. The minimum Gasteiger partial charge on any atom is -0.378 e. The molecule has 74 valence electrons. The van der Waals surface area contributed by atoms with Crippen LogP contribution >= 0.6 is 12.4 Å². The average molecular weight is 194 g/mol. The Bertz CT molecular complexity index is 111. The Balaban J connectivity index is 0.00000121. The third kappa shape index (κ3) is 4.29. The molecule has 1 aliphatic rings. The summed E-state index contributed by atoms with van der Waals surface area (Å²) in [6, 6.07) is 0.404. The molecule has 3 heteroatoms. The van der Waals surface area contributed by atoms with Crippen LogP contribution in [-0.2, 0) is 4.74 Å². The predicted octanol–water partition coefficient (Wildman–Crippen LogP) is 2.10. The van der Waals surface area contributed by atoms with Crippen molar-refractivity contribution in [3.8, 4) is 0 Å². The minimum atomic E-state index is 0. The number of ether oxygens (including phenoxy) is 1. The fourth-order valence-electron chi connectivity index (χ4n) is 1.52. The van der Waals surface area contributed by atoms with Crippen LogP contribution in [0, 0.1) is 0 Å². The van der Waals surface area contributed by atoms with Crippen LogP contribution in [0.1, 0.15) is 39.0 Å². The molecule has 0 aromatic carbocycles. The van der Waals surface area contributed by atoms with Crippen molar-refractivity contribution in [2.45, 2.75) is 51.2 Å². The standard InChI is InChI=1S/C9H19NO.ClH/c1-2-3-6-11-9-5-4-8(10)7-9;/h8-9H,2-7,10H2,1H3;1H. The molecule has 2 N–H and O–H groups in total. The van der Waals surface area contributed by atoms with Gasteiger partial charge < -0.3 is 10.5 Å². The van der Waals surface area contributed by atoms with Crippen LogP contribution < -0.4 is 5.73 Å². The summed E-state index contributed by atoms with van der Waals surface area (Å²) >= 11 is 0. The quantitative estimate of drug-likeness (QED) is 0.695. The van der Waals surface area contributed by atoms with Crippen molar-refractivity contribution in [1.29, 1.82) is 0 Å². The highest BCUT2D eigenvalue weighted by atomic mass is 35.5. The Morgan fingerprint density at radius 2 is 2.17 bits per heavy atom. The van der Waals surface area contributed by atoms with E-state index in [-0.39, 0.29) is 12.4 Å². The van der Waals surface area contributed by atoms with Crippen LogP contribution in [0.2, 0.25) is 0 Å². The summed E-state index contributed by atoms with van der Waals surface area (Å²) in [4.78, 5) is 0. The highest BCUT2D eigenvalue weighted by molar-refractivity contribution is 5.85. The Morgan fingerprint density at radius 1 is 1.42 bits per heavy atom. The monoisotopic (exact) mass is 193 g/mol. The van der Waals surface area contributed by atoms with Crippen LogP contribution in [0.25, 0.3) is 0 Å². The first kappa shape index (κ1) is 12.2. The van der Waals surface area contributed by atoms with E-state index in [2.05, 4.69) is 6.92 Å². The van der Waals surface area contributed by atoms with Gasteiger partial charge in [0.25, 0.3) is 0 Å². The van der Waals surface area contributed by atoms with Gasteiger partial charge in [-0.1, -0.05) is 13.3 Å². The molecule has 1 fully saturated rings. The van der Waals surface area contributed by atoms with Crippen molar-refractivity contribution < 1.29 is 4.74 Å². The molecule has 2 unspecified atom stereocenters. The average Bonchev–Trinajstić information content (AvgIpc) is 2.37. The number of unbranched alkanes of at least 4 members (excludes halogenated alkanes) is 1. The van der Waals surface area contributed by atoms with E-state index < -0.39 is 0 Å². The molecule has 2 nitrogen and oxygen atoms in total. The lowest BCUT2D eigenvalue weighted by molar-refractivity contribution is 0.0556. The van der Waals surface area contributed by atoms with Gasteiger partial charge in [-0.25, -0.2) is 0 Å². The van der Waals surface area contributed by atoms with Gasteiger partial charge in [-0.05, 0) is 25.7 Å². The van der Waals surface area contributed by atoms with E-state index in [0.717, 1.165) is 19.4 Å². The second-order valence-corrected chi connectivity index (χ2v) is 3.42. The Kier molecular flexibility index (Phi) is 6.81.